The van der Waals surface area contributed by atoms with E-state index < -0.39 is 0 Å². The fourth-order valence-corrected chi connectivity index (χ4v) is 4.10. The topological polar surface area (TPSA) is 53.5 Å². The monoisotopic (exact) mass is 466 g/mol. The van der Waals surface area contributed by atoms with Crippen molar-refractivity contribution in [1.29, 1.82) is 0 Å². The van der Waals surface area contributed by atoms with Crippen molar-refractivity contribution in [2.24, 2.45) is 0 Å². The molecule has 0 aliphatic carbocycles. The fourth-order valence-electron chi connectivity index (χ4n) is 3.89. The number of benzene rings is 2. The molecule has 0 N–H and O–H groups in total. The molecule has 0 saturated carbocycles. The first kappa shape index (κ1) is 24.6. The van der Waals surface area contributed by atoms with E-state index in [1.54, 1.807) is 21.3 Å². The van der Waals surface area contributed by atoms with Gasteiger partial charge in [0.15, 0.2) is 11.5 Å². The Kier molecular flexibility index (Phi) is 8.34. The van der Waals surface area contributed by atoms with Gasteiger partial charge in [-0.25, -0.2) is 4.98 Å². The third-order valence-electron chi connectivity index (χ3n) is 5.47. The second kappa shape index (κ2) is 11.2. The summed E-state index contributed by atoms with van der Waals surface area (Å²) in [6.45, 7) is 6.15. The maximum Gasteiger partial charge on any atom is 0.161 e. The Balaban J connectivity index is 0.00000149. The molecular weight excluding hydrogens is 436 g/mol. The number of ether oxygens (including phenoxy) is 3. The highest BCUT2D eigenvalue weighted by atomic mass is 35.5. The van der Waals surface area contributed by atoms with Crippen LogP contribution in [0.25, 0.3) is 21.7 Å². The first-order chi connectivity index (χ1) is 16.1. The van der Waals surface area contributed by atoms with Crippen molar-refractivity contribution >= 4 is 33.3 Å². The molecule has 0 radical (unpaired) electrons. The minimum Gasteiger partial charge on any atom is -0.497 e. The second-order valence-corrected chi connectivity index (χ2v) is 7.76. The van der Waals surface area contributed by atoms with Gasteiger partial charge in [0.25, 0.3) is 0 Å². The van der Waals surface area contributed by atoms with Gasteiger partial charge in [0.1, 0.15) is 10.9 Å². The van der Waals surface area contributed by atoms with Gasteiger partial charge in [-0.1, -0.05) is 38.8 Å². The van der Waals surface area contributed by atoms with Gasteiger partial charge in [-0.15, -0.1) is 0 Å². The number of aromatic nitrogens is 2. The number of halogens is 1. The summed E-state index contributed by atoms with van der Waals surface area (Å²) in [4.78, 5) is 9.34. The lowest BCUT2D eigenvalue weighted by Crippen LogP contribution is -2.00. The van der Waals surface area contributed by atoms with Crippen LogP contribution in [0.5, 0.6) is 17.2 Å². The van der Waals surface area contributed by atoms with Gasteiger partial charge in [0, 0.05) is 29.1 Å². The van der Waals surface area contributed by atoms with Crippen molar-refractivity contribution in [2.45, 2.75) is 40.0 Å². The van der Waals surface area contributed by atoms with Crippen LogP contribution < -0.4 is 14.2 Å². The van der Waals surface area contributed by atoms with Crippen LogP contribution in [0.1, 0.15) is 44.0 Å². The quantitative estimate of drug-likeness (QED) is 0.273. The molecule has 0 bridgehead atoms. The molecule has 0 atom stereocenters. The Labute approximate surface area is 200 Å². The lowest BCUT2D eigenvalue weighted by atomic mass is 9.97. The minimum atomic E-state index is 0.490. The van der Waals surface area contributed by atoms with E-state index in [1.807, 2.05) is 50.4 Å². The zero-order valence-electron chi connectivity index (χ0n) is 20.2. The lowest BCUT2D eigenvalue weighted by Gasteiger charge is -2.15. The van der Waals surface area contributed by atoms with Crippen LogP contribution in [-0.4, -0.2) is 31.3 Å². The molecule has 6 heteroatoms. The number of nitrogens with zero attached hydrogens (tertiary/aromatic N) is 2. The van der Waals surface area contributed by atoms with E-state index in [4.69, 9.17) is 30.8 Å². The molecule has 4 aromatic rings. The number of fused-ring (bicyclic) bond motifs is 2. The van der Waals surface area contributed by atoms with Crippen molar-refractivity contribution in [1.82, 2.24) is 9.97 Å². The second-order valence-electron chi connectivity index (χ2n) is 7.41. The molecule has 174 valence electrons. The normalized spacial score (nSPS) is 10.6. The number of hydrogen-bond acceptors (Lipinski definition) is 5. The Morgan fingerprint density at radius 1 is 0.848 bits per heavy atom. The predicted molar refractivity (Wildman–Crippen MR) is 136 cm³/mol. The van der Waals surface area contributed by atoms with Crippen LogP contribution in [0.15, 0.2) is 42.6 Å². The molecular formula is C27H31ClN2O3. The summed E-state index contributed by atoms with van der Waals surface area (Å²) in [5, 5.41) is 3.63. The summed E-state index contributed by atoms with van der Waals surface area (Å²) in [6, 6.07) is 11.9. The molecule has 0 amide bonds. The van der Waals surface area contributed by atoms with Crippen LogP contribution in [0, 0.1) is 0 Å². The Morgan fingerprint density at radius 3 is 2.18 bits per heavy atom. The van der Waals surface area contributed by atoms with Crippen molar-refractivity contribution in [2.75, 3.05) is 21.3 Å². The molecule has 5 nitrogen and oxygen atoms in total. The summed E-state index contributed by atoms with van der Waals surface area (Å²) in [6.07, 6.45) is 4.44. The zero-order valence-corrected chi connectivity index (χ0v) is 20.9. The number of rotatable bonds is 7. The van der Waals surface area contributed by atoms with Crippen LogP contribution in [0.2, 0.25) is 5.15 Å². The Morgan fingerprint density at radius 2 is 1.55 bits per heavy atom. The molecule has 4 rings (SSSR count). The van der Waals surface area contributed by atoms with Gasteiger partial charge in [0.05, 0.1) is 26.8 Å². The average molecular weight is 467 g/mol. The van der Waals surface area contributed by atoms with Gasteiger partial charge in [-0.3, -0.25) is 4.98 Å². The molecule has 0 aliphatic heterocycles. The summed E-state index contributed by atoms with van der Waals surface area (Å²) < 4.78 is 16.4. The van der Waals surface area contributed by atoms with Crippen LogP contribution in [-0.2, 0) is 12.8 Å². The molecule has 0 saturated heterocycles. The van der Waals surface area contributed by atoms with Crippen molar-refractivity contribution in [3.8, 4) is 17.2 Å². The van der Waals surface area contributed by atoms with Gasteiger partial charge in [-0.2, -0.15) is 0 Å². The van der Waals surface area contributed by atoms with E-state index in [1.165, 1.54) is 0 Å². The van der Waals surface area contributed by atoms with E-state index in [9.17, 15) is 0 Å². The van der Waals surface area contributed by atoms with Gasteiger partial charge >= 0.3 is 0 Å². The zero-order chi connectivity index (χ0) is 24.0. The van der Waals surface area contributed by atoms with Crippen molar-refractivity contribution < 1.29 is 14.2 Å². The van der Waals surface area contributed by atoms with E-state index in [0.717, 1.165) is 57.1 Å². The summed E-state index contributed by atoms with van der Waals surface area (Å²) in [5.74, 6) is 2.18. The molecule has 0 fully saturated rings. The van der Waals surface area contributed by atoms with E-state index in [0.29, 0.717) is 23.1 Å². The minimum absolute atomic E-state index is 0.490. The number of methoxy groups -OCH3 is 3. The standard InChI is InChI=1S/C25H25ClN2O3.C2H6/c1-5-6-22-20-13-24(31-4)23(30-3)12-19(20)17(14-27-22)10-16-9-15-11-18(29-2)7-8-21(15)28-25(16)26;1-2/h7-9,11-14H,5-6,10H2,1-4H3;1-2H3. The maximum absolute atomic E-state index is 6.56. The first-order valence-corrected chi connectivity index (χ1v) is 11.6. The molecule has 2 aromatic carbocycles. The van der Waals surface area contributed by atoms with Crippen molar-refractivity contribution in [3.05, 3.63) is 64.6 Å². The van der Waals surface area contributed by atoms with Crippen LogP contribution >= 0.6 is 11.6 Å². The van der Waals surface area contributed by atoms with E-state index in [2.05, 4.69) is 18.0 Å². The molecule has 0 spiro atoms. The highest BCUT2D eigenvalue weighted by Crippen LogP contribution is 2.36. The number of hydrogen-bond donors (Lipinski definition) is 0. The van der Waals surface area contributed by atoms with E-state index in [-0.39, 0.29) is 0 Å². The van der Waals surface area contributed by atoms with Crippen LogP contribution in [0.4, 0.5) is 0 Å². The molecule has 2 aromatic heterocycles. The average Bonchev–Trinajstić information content (AvgIpc) is 2.86. The summed E-state index contributed by atoms with van der Waals surface area (Å²) >= 11 is 6.56. The SMILES string of the molecule is CC.CCCc1ncc(Cc2cc3cc(OC)ccc3nc2Cl)c2cc(OC)c(OC)cc12. The lowest BCUT2D eigenvalue weighted by molar-refractivity contribution is 0.356. The Bertz CT molecular complexity index is 1260. The maximum atomic E-state index is 6.56. The third kappa shape index (κ3) is 5.14. The van der Waals surface area contributed by atoms with Gasteiger partial charge < -0.3 is 14.2 Å². The van der Waals surface area contributed by atoms with Gasteiger partial charge in [-0.05, 0) is 59.3 Å². The van der Waals surface area contributed by atoms with Crippen molar-refractivity contribution in [3.63, 3.8) is 0 Å². The Hall–Kier alpha value is -3.05. The highest BCUT2D eigenvalue weighted by molar-refractivity contribution is 6.30. The largest absolute Gasteiger partial charge is 0.497 e. The smallest absolute Gasteiger partial charge is 0.161 e. The van der Waals surface area contributed by atoms with Gasteiger partial charge in [0.2, 0.25) is 0 Å². The summed E-state index contributed by atoms with van der Waals surface area (Å²) in [5.41, 5.74) is 3.88. The molecule has 33 heavy (non-hydrogen) atoms. The molecule has 0 unspecified atom stereocenters. The number of aryl methyl sites for hydroxylation is 1. The predicted octanol–water partition coefficient (Wildman–Crippen LogP) is 7.03. The highest BCUT2D eigenvalue weighted by Gasteiger charge is 2.15. The summed E-state index contributed by atoms with van der Waals surface area (Å²) in [7, 11) is 4.95. The van der Waals surface area contributed by atoms with Crippen LogP contribution in [0.3, 0.4) is 0 Å². The molecule has 0 aliphatic rings. The number of pyridine rings is 2. The third-order valence-corrected chi connectivity index (χ3v) is 5.80. The molecule has 2 heterocycles. The first-order valence-electron chi connectivity index (χ1n) is 11.2. The van der Waals surface area contributed by atoms with E-state index >= 15 is 0 Å². The fraction of sp³-hybridized carbons (Fsp3) is 0.333.